The fourth-order valence-electron chi connectivity index (χ4n) is 3.45. The highest BCUT2D eigenvalue weighted by Crippen LogP contribution is 2.34. The number of hydrogen-bond acceptors (Lipinski definition) is 1. The molecule has 1 aromatic carbocycles. The Labute approximate surface area is 139 Å². The van der Waals surface area contributed by atoms with E-state index in [9.17, 15) is 4.79 Å². The lowest BCUT2D eigenvalue weighted by Gasteiger charge is -2.07. The Bertz CT molecular complexity index is 797. The Morgan fingerprint density at radius 3 is 2.48 bits per heavy atom. The molecule has 0 aromatic heterocycles. The van der Waals surface area contributed by atoms with Gasteiger partial charge in [0.25, 0.3) is 0 Å². The summed E-state index contributed by atoms with van der Waals surface area (Å²) in [4.78, 5) is 12.4. The molecule has 0 heterocycles. The molecular weight excluding hydrogens is 280 g/mol. The zero-order valence-electron chi connectivity index (χ0n) is 14.5. The van der Waals surface area contributed by atoms with Crippen LogP contribution in [0.1, 0.15) is 49.8 Å². The molecule has 3 rings (SSSR count). The van der Waals surface area contributed by atoms with Gasteiger partial charge in [0.15, 0.2) is 5.78 Å². The third-order valence-corrected chi connectivity index (χ3v) is 5.02. The van der Waals surface area contributed by atoms with Gasteiger partial charge in [0, 0.05) is 5.57 Å². The number of hydrogen-bond donors (Lipinski definition) is 0. The lowest BCUT2D eigenvalue weighted by molar-refractivity contribution is -0.112. The zero-order chi connectivity index (χ0) is 16.6. The van der Waals surface area contributed by atoms with Crippen molar-refractivity contribution < 1.29 is 4.79 Å². The minimum atomic E-state index is 0.255. The van der Waals surface area contributed by atoms with Crippen LogP contribution in [-0.2, 0) is 4.79 Å². The summed E-state index contributed by atoms with van der Waals surface area (Å²) in [5.74, 6) is 0.255. The Balaban J connectivity index is 1.74. The lowest BCUT2D eigenvalue weighted by Crippen LogP contribution is -1.99. The van der Waals surface area contributed by atoms with E-state index in [1.807, 2.05) is 0 Å². The average Bonchev–Trinajstić information content (AvgIpc) is 3.08. The molecule has 23 heavy (non-hydrogen) atoms. The predicted octanol–water partition coefficient (Wildman–Crippen LogP) is 5.64. The van der Waals surface area contributed by atoms with Crippen molar-refractivity contribution in [3.05, 3.63) is 75.4 Å². The van der Waals surface area contributed by atoms with Crippen LogP contribution in [0.3, 0.4) is 0 Å². The molecule has 1 nitrogen and oxygen atoms in total. The maximum atomic E-state index is 12.4. The molecule has 2 aliphatic rings. The molecule has 1 heteroatoms. The fourth-order valence-corrected chi connectivity index (χ4v) is 3.45. The summed E-state index contributed by atoms with van der Waals surface area (Å²) < 4.78 is 0. The van der Waals surface area contributed by atoms with Crippen LogP contribution in [0.2, 0.25) is 0 Å². The van der Waals surface area contributed by atoms with Gasteiger partial charge in [-0.25, -0.2) is 0 Å². The minimum absolute atomic E-state index is 0.255. The third-order valence-electron chi connectivity index (χ3n) is 5.02. The second-order valence-electron chi connectivity index (χ2n) is 6.70. The van der Waals surface area contributed by atoms with Crippen LogP contribution < -0.4 is 0 Å². The topological polar surface area (TPSA) is 17.1 Å². The molecule has 0 saturated heterocycles. The first-order chi connectivity index (χ1) is 11.0. The van der Waals surface area contributed by atoms with Crippen molar-refractivity contribution in [2.45, 2.75) is 47.0 Å². The van der Waals surface area contributed by atoms with Crippen LogP contribution in [0.4, 0.5) is 0 Å². The molecule has 118 valence electrons. The number of allylic oxidation sites excluding steroid dienone is 8. The van der Waals surface area contributed by atoms with Crippen LogP contribution in [0.25, 0.3) is 5.57 Å². The molecule has 0 fully saturated rings. The molecule has 0 radical (unpaired) electrons. The monoisotopic (exact) mass is 304 g/mol. The van der Waals surface area contributed by atoms with Crippen molar-refractivity contribution >= 4 is 11.4 Å². The van der Waals surface area contributed by atoms with E-state index in [1.165, 1.54) is 33.4 Å². The van der Waals surface area contributed by atoms with Gasteiger partial charge in [-0.2, -0.15) is 0 Å². The van der Waals surface area contributed by atoms with Gasteiger partial charge < -0.3 is 0 Å². The van der Waals surface area contributed by atoms with Crippen molar-refractivity contribution in [2.75, 3.05) is 0 Å². The summed E-state index contributed by atoms with van der Waals surface area (Å²) in [5, 5.41) is 0. The molecule has 2 aliphatic carbocycles. The highest BCUT2D eigenvalue weighted by molar-refractivity contribution is 6.12. The van der Waals surface area contributed by atoms with E-state index in [0.717, 1.165) is 30.4 Å². The van der Waals surface area contributed by atoms with Gasteiger partial charge in [0.1, 0.15) is 0 Å². The van der Waals surface area contributed by atoms with Gasteiger partial charge in [-0.3, -0.25) is 4.79 Å². The Kier molecular flexibility index (Phi) is 4.21. The number of aryl methyl sites for hydroxylation is 2. The number of carbonyl (C=O) groups is 1. The van der Waals surface area contributed by atoms with E-state index in [4.69, 9.17) is 0 Å². The number of benzene rings is 1. The van der Waals surface area contributed by atoms with Crippen LogP contribution in [-0.4, -0.2) is 5.78 Å². The van der Waals surface area contributed by atoms with Gasteiger partial charge in [-0.05, 0) is 73.4 Å². The first kappa shape index (κ1) is 15.7. The standard InChI is InChI=1S/C22H24O/c1-5-21-16(4)11-20(22(21)23)13-17-7-9-19(12-17)18-8-6-14(2)15(3)10-18/h6-10,13H,5,11-12H2,1-4H3/b20-13+. The summed E-state index contributed by atoms with van der Waals surface area (Å²) in [6, 6.07) is 6.63. The predicted molar refractivity (Wildman–Crippen MR) is 97.3 cm³/mol. The van der Waals surface area contributed by atoms with Crippen LogP contribution in [0, 0.1) is 13.8 Å². The zero-order valence-corrected chi connectivity index (χ0v) is 14.5. The average molecular weight is 304 g/mol. The van der Waals surface area contributed by atoms with Crippen molar-refractivity contribution in [3.63, 3.8) is 0 Å². The van der Waals surface area contributed by atoms with E-state index >= 15 is 0 Å². The fraction of sp³-hybridized carbons (Fsp3) is 0.318. The highest BCUT2D eigenvalue weighted by atomic mass is 16.1. The SMILES string of the molecule is CCC1=C(C)C/C(=C\C2=CC=C(c3ccc(C)c(C)c3)C2)C1=O. The number of carbonyl (C=O) groups excluding carboxylic acids is 1. The van der Waals surface area contributed by atoms with Crippen molar-refractivity contribution in [3.8, 4) is 0 Å². The molecule has 0 unspecified atom stereocenters. The molecule has 0 amide bonds. The highest BCUT2D eigenvalue weighted by Gasteiger charge is 2.24. The first-order valence-corrected chi connectivity index (χ1v) is 8.41. The smallest absolute Gasteiger partial charge is 0.185 e. The van der Waals surface area contributed by atoms with Crippen LogP contribution in [0.15, 0.2) is 58.7 Å². The second-order valence-corrected chi connectivity index (χ2v) is 6.70. The van der Waals surface area contributed by atoms with Crippen LogP contribution in [0.5, 0.6) is 0 Å². The summed E-state index contributed by atoms with van der Waals surface area (Å²) in [5.41, 5.74) is 9.74. The van der Waals surface area contributed by atoms with Gasteiger partial charge in [0.05, 0.1) is 0 Å². The van der Waals surface area contributed by atoms with E-state index < -0.39 is 0 Å². The normalized spacial score (nSPS) is 19.7. The first-order valence-electron chi connectivity index (χ1n) is 8.41. The maximum absolute atomic E-state index is 12.4. The number of rotatable bonds is 3. The molecule has 1 aromatic rings. The van der Waals surface area contributed by atoms with Gasteiger partial charge in [-0.1, -0.05) is 48.9 Å². The molecular formula is C22H24O. The van der Waals surface area contributed by atoms with Crippen molar-refractivity contribution in [1.82, 2.24) is 0 Å². The van der Waals surface area contributed by atoms with E-state index in [0.29, 0.717) is 0 Å². The third kappa shape index (κ3) is 3.01. The Morgan fingerprint density at radius 1 is 1.04 bits per heavy atom. The lowest BCUT2D eigenvalue weighted by atomic mass is 9.97. The van der Waals surface area contributed by atoms with Gasteiger partial charge >= 0.3 is 0 Å². The van der Waals surface area contributed by atoms with E-state index in [2.05, 4.69) is 64.1 Å². The van der Waals surface area contributed by atoms with E-state index in [1.54, 1.807) is 0 Å². The van der Waals surface area contributed by atoms with Crippen LogP contribution >= 0.6 is 0 Å². The molecule has 0 bridgehead atoms. The summed E-state index contributed by atoms with van der Waals surface area (Å²) in [6.07, 6.45) is 9.03. The molecule has 0 saturated carbocycles. The number of ketones is 1. The Hall–Kier alpha value is -2.15. The minimum Gasteiger partial charge on any atom is -0.289 e. The van der Waals surface area contributed by atoms with E-state index in [-0.39, 0.29) is 5.78 Å². The molecule has 0 N–H and O–H groups in total. The van der Waals surface area contributed by atoms with Crippen molar-refractivity contribution in [2.24, 2.45) is 0 Å². The Morgan fingerprint density at radius 2 is 1.83 bits per heavy atom. The molecule has 0 atom stereocenters. The molecule has 0 spiro atoms. The number of Topliss-reactive ketones (excluding diaryl/α,β-unsaturated/α-hetero) is 1. The summed E-state index contributed by atoms with van der Waals surface area (Å²) in [6.45, 7) is 8.44. The molecule has 0 aliphatic heterocycles. The largest absolute Gasteiger partial charge is 0.289 e. The quantitative estimate of drug-likeness (QED) is 0.660. The van der Waals surface area contributed by atoms with Gasteiger partial charge in [-0.15, -0.1) is 0 Å². The summed E-state index contributed by atoms with van der Waals surface area (Å²) in [7, 11) is 0. The second kappa shape index (κ2) is 6.16. The summed E-state index contributed by atoms with van der Waals surface area (Å²) >= 11 is 0. The maximum Gasteiger partial charge on any atom is 0.185 e. The van der Waals surface area contributed by atoms with Gasteiger partial charge in [0.2, 0.25) is 0 Å². The van der Waals surface area contributed by atoms with Crippen molar-refractivity contribution in [1.29, 1.82) is 0 Å².